The molecule has 0 saturated heterocycles. The van der Waals surface area contributed by atoms with E-state index in [1.165, 1.54) is 0 Å². The number of benzene rings is 1. The van der Waals surface area contributed by atoms with E-state index in [2.05, 4.69) is 26.2 Å². The van der Waals surface area contributed by atoms with Gasteiger partial charge in [0.2, 0.25) is 0 Å². The molecule has 0 fully saturated rings. The van der Waals surface area contributed by atoms with E-state index in [1.807, 2.05) is 24.3 Å². The average Bonchev–Trinajstić information content (AvgIpc) is 2.85. The molecule has 0 aliphatic carbocycles. The summed E-state index contributed by atoms with van der Waals surface area (Å²) in [6.07, 6.45) is 1.69. The van der Waals surface area contributed by atoms with E-state index in [4.69, 9.17) is 11.5 Å². The Morgan fingerprint density at radius 2 is 2.20 bits per heavy atom. The van der Waals surface area contributed by atoms with Crippen LogP contribution in [0.25, 0.3) is 10.9 Å². The quantitative estimate of drug-likeness (QED) is 0.645. The number of fused-ring (bicyclic) bond motifs is 1. The molecule has 0 spiro atoms. The van der Waals surface area contributed by atoms with Crippen LogP contribution in [0.2, 0.25) is 0 Å². The van der Waals surface area contributed by atoms with Gasteiger partial charge in [-0.2, -0.15) is 0 Å². The molecule has 20 heavy (non-hydrogen) atoms. The first-order valence-corrected chi connectivity index (χ1v) is 7.41. The van der Waals surface area contributed by atoms with Crippen LogP contribution in [-0.2, 0) is 0 Å². The van der Waals surface area contributed by atoms with Crippen LogP contribution in [0.1, 0.15) is 23.3 Å². The zero-order valence-electron chi connectivity index (χ0n) is 11.2. The molecule has 1 amide bonds. The smallest absolute Gasteiger partial charge is 0.267 e. The van der Waals surface area contributed by atoms with E-state index in [-0.39, 0.29) is 11.9 Å². The Balaban J connectivity index is 1.97. The van der Waals surface area contributed by atoms with Crippen molar-refractivity contribution in [2.24, 2.45) is 11.5 Å². The van der Waals surface area contributed by atoms with Crippen molar-refractivity contribution < 1.29 is 4.79 Å². The number of nitrogens with two attached hydrogens (primary N) is 2. The zero-order valence-corrected chi connectivity index (χ0v) is 12.7. The second-order valence-corrected chi connectivity index (χ2v) is 5.73. The van der Waals surface area contributed by atoms with E-state index >= 15 is 0 Å². The van der Waals surface area contributed by atoms with Crippen molar-refractivity contribution in [1.82, 2.24) is 10.3 Å². The van der Waals surface area contributed by atoms with Gasteiger partial charge in [-0.1, -0.05) is 15.9 Å². The van der Waals surface area contributed by atoms with Crippen molar-refractivity contribution in [3.8, 4) is 0 Å². The number of hydrogen-bond donors (Lipinski definition) is 4. The molecular weight excluding hydrogens is 320 g/mol. The van der Waals surface area contributed by atoms with Crippen LogP contribution < -0.4 is 16.8 Å². The molecule has 0 aliphatic rings. The van der Waals surface area contributed by atoms with Crippen LogP contribution in [0.15, 0.2) is 28.7 Å². The average molecular weight is 339 g/mol. The van der Waals surface area contributed by atoms with Gasteiger partial charge in [-0.15, -0.1) is 0 Å². The summed E-state index contributed by atoms with van der Waals surface area (Å²) in [7, 11) is 0. The van der Waals surface area contributed by atoms with E-state index in [1.54, 1.807) is 0 Å². The van der Waals surface area contributed by atoms with E-state index in [0.717, 1.165) is 28.2 Å². The third kappa shape index (κ3) is 3.82. The van der Waals surface area contributed by atoms with Gasteiger partial charge >= 0.3 is 0 Å². The molecule has 0 radical (unpaired) electrons. The number of aromatic amines is 1. The summed E-state index contributed by atoms with van der Waals surface area (Å²) >= 11 is 3.41. The normalized spacial score (nSPS) is 12.6. The van der Waals surface area contributed by atoms with Gasteiger partial charge in [0, 0.05) is 28.0 Å². The summed E-state index contributed by atoms with van der Waals surface area (Å²) in [5.74, 6) is -0.138. The van der Waals surface area contributed by atoms with Gasteiger partial charge in [-0.25, -0.2) is 0 Å². The molecule has 6 heteroatoms. The second-order valence-electron chi connectivity index (χ2n) is 4.82. The summed E-state index contributed by atoms with van der Waals surface area (Å²) in [5.41, 5.74) is 12.8. The Labute approximate surface area is 126 Å². The Kier molecular flexibility index (Phi) is 5.17. The molecule has 0 saturated carbocycles. The van der Waals surface area contributed by atoms with Gasteiger partial charge in [0.15, 0.2) is 0 Å². The molecule has 0 bridgehead atoms. The third-order valence-corrected chi connectivity index (χ3v) is 3.62. The number of amides is 1. The first kappa shape index (κ1) is 15.0. The molecule has 2 rings (SSSR count). The standard InChI is InChI=1S/C14H19BrN4O/c15-10-3-4-12-9(6-10)7-13(19-12)14(20)18-8-11(17)2-1-5-16/h3-4,6-7,11,19H,1-2,5,8,16-17H2,(H,18,20)/t11-/m0/s1. The van der Waals surface area contributed by atoms with Gasteiger partial charge in [-0.3, -0.25) is 4.79 Å². The molecule has 2 aromatic rings. The minimum atomic E-state index is -0.138. The van der Waals surface area contributed by atoms with Crippen LogP contribution in [0.5, 0.6) is 0 Å². The SMILES string of the molecule is NCCC[C@H](N)CNC(=O)c1cc2cc(Br)ccc2[nH]1. The second kappa shape index (κ2) is 6.88. The van der Waals surface area contributed by atoms with Crippen LogP contribution in [-0.4, -0.2) is 30.0 Å². The summed E-state index contributed by atoms with van der Waals surface area (Å²) in [4.78, 5) is 15.1. The fourth-order valence-corrected chi connectivity index (χ4v) is 2.41. The minimum Gasteiger partial charge on any atom is -0.351 e. The lowest BCUT2D eigenvalue weighted by atomic mass is 10.1. The summed E-state index contributed by atoms with van der Waals surface area (Å²) < 4.78 is 0.986. The molecule has 1 aromatic heterocycles. The number of carbonyl (C=O) groups excluding carboxylic acids is 1. The molecule has 0 aliphatic heterocycles. The largest absolute Gasteiger partial charge is 0.351 e. The Hall–Kier alpha value is -1.37. The summed E-state index contributed by atoms with van der Waals surface area (Å²) in [6.45, 7) is 1.08. The minimum absolute atomic E-state index is 0.0546. The predicted octanol–water partition coefficient (Wildman–Crippen LogP) is 1.73. The van der Waals surface area contributed by atoms with Gasteiger partial charge in [-0.05, 0) is 43.7 Å². The fraction of sp³-hybridized carbons (Fsp3) is 0.357. The van der Waals surface area contributed by atoms with E-state index < -0.39 is 0 Å². The van der Waals surface area contributed by atoms with Crippen molar-refractivity contribution in [2.45, 2.75) is 18.9 Å². The number of H-pyrrole nitrogens is 1. The number of halogens is 1. The highest BCUT2D eigenvalue weighted by atomic mass is 79.9. The number of rotatable bonds is 6. The van der Waals surface area contributed by atoms with Crippen LogP contribution in [0.3, 0.4) is 0 Å². The predicted molar refractivity (Wildman–Crippen MR) is 84.6 cm³/mol. The molecular formula is C14H19BrN4O. The van der Waals surface area contributed by atoms with Gasteiger partial charge in [0.05, 0.1) is 0 Å². The Morgan fingerprint density at radius 3 is 2.95 bits per heavy atom. The first-order valence-electron chi connectivity index (χ1n) is 6.62. The van der Waals surface area contributed by atoms with Crippen molar-refractivity contribution in [1.29, 1.82) is 0 Å². The Morgan fingerprint density at radius 1 is 1.40 bits per heavy atom. The number of hydrogen-bond acceptors (Lipinski definition) is 3. The lowest BCUT2D eigenvalue weighted by Crippen LogP contribution is -2.37. The number of aromatic nitrogens is 1. The van der Waals surface area contributed by atoms with E-state index in [9.17, 15) is 4.79 Å². The molecule has 1 aromatic carbocycles. The van der Waals surface area contributed by atoms with Gasteiger partial charge in [0.25, 0.3) is 5.91 Å². The van der Waals surface area contributed by atoms with Crippen molar-refractivity contribution in [3.63, 3.8) is 0 Å². The first-order chi connectivity index (χ1) is 9.60. The van der Waals surface area contributed by atoms with Gasteiger partial charge in [0.1, 0.15) is 5.69 Å². The topological polar surface area (TPSA) is 96.9 Å². The molecule has 1 atom stereocenters. The summed E-state index contributed by atoms with van der Waals surface area (Å²) in [6, 6.07) is 7.61. The maximum Gasteiger partial charge on any atom is 0.267 e. The van der Waals surface area contributed by atoms with Crippen molar-refractivity contribution in [3.05, 3.63) is 34.4 Å². The summed E-state index contributed by atoms with van der Waals surface area (Å²) in [5, 5.41) is 3.83. The van der Waals surface area contributed by atoms with Crippen LogP contribution in [0.4, 0.5) is 0 Å². The third-order valence-electron chi connectivity index (χ3n) is 3.13. The van der Waals surface area contributed by atoms with Gasteiger partial charge < -0.3 is 21.8 Å². The molecule has 1 heterocycles. The van der Waals surface area contributed by atoms with Crippen LogP contribution >= 0.6 is 15.9 Å². The van der Waals surface area contributed by atoms with Crippen molar-refractivity contribution in [2.75, 3.05) is 13.1 Å². The number of nitrogens with one attached hydrogen (secondary N) is 2. The number of carbonyl (C=O) groups is 1. The lowest BCUT2D eigenvalue weighted by Gasteiger charge is -2.11. The molecule has 108 valence electrons. The highest BCUT2D eigenvalue weighted by Crippen LogP contribution is 2.20. The van der Waals surface area contributed by atoms with Crippen LogP contribution in [0, 0.1) is 0 Å². The fourth-order valence-electron chi connectivity index (χ4n) is 2.03. The van der Waals surface area contributed by atoms with E-state index in [0.29, 0.717) is 18.8 Å². The maximum absolute atomic E-state index is 12.0. The Bertz CT molecular complexity index is 596. The van der Waals surface area contributed by atoms with Crippen molar-refractivity contribution >= 4 is 32.7 Å². The molecule has 6 N–H and O–H groups in total. The zero-order chi connectivity index (χ0) is 14.5. The maximum atomic E-state index is 12.0. The molecule has 0 unspecified atom stereocenters. The monoisotopic (exact) mass is 338 g/mol. The highest BCUT2D eigenvalue weighted by Gasteiger charge is 2.11. The highest BCUT2D eigenvalue weighted by molar-refractivity contribution is 9.10. The molecule has 5 nitrogen and oxygen atoms in total. The lowest BCUT2D eigenvalue weighted by molar-refractivity contribution is 0.0946.